The van der Waals surface area contributed by atoms with E-state index in [2.05, 4.69) is 16.0 Å². The molecule has 0 amide bonds. The molecule has 0 radical (unpaired) electrons. The van der Waals surface area contributed by atoms with Gasteiger partial charge in [0, 0.05) is 0 Å². The van der Waals surface area contributed by atoms with Gasteiger partial charge in [0.2, 0.25) is 0 Å². The minimum Gasteiger partial charge on any atom is -0.448 e. The number of nitrogens with zero attached hydrogens (tertiary/aromatic N) is 4. The van der Waals surface area contributed by atoms with Gasteiger partial charge in [-0.1, -0.05) is 17.7 Å². The molecular formula is C16H18ClN6O2+. The Balaban J connectivity index is 1.88. The first-order valence-corrected chi connectivity index (χ1v) is 7.87. The van der Waals surface area contributed by atoms with Crippen molar-refractivity contribution in [1.82, 2.24) is 14.5 Å². The number of esters is 1. The molecule has 0 fully saturated rings. The number of anilines is 2. The molecule has 3 rings (SSSR count). The number of aromatic nitrogens is 4. The second-order valence-electron chi connectivity index (χ2n) is 5.74. The number of carbonyl (C=O) groups excluding carboxylic acids is 1. The number of benzene rings is 1. The summed E-state index contributed by atoms with van der Waals surface area (Å²) in [5, 5.41) is -0.0909. The largest absolute Gasteiger partial charge is 0.448 e. The van der Waals surface area contributed by atoms with Crippen molar-refractivity contribution in [2.24, 2.45) is 14.1 Å². The average molecular weight is 362 g/mol. The van der Waals surface area contributed by atoms with E-state index in [9.17, 15) is 4.79 Å². The minimum absolute atomic E-state index is 0.0360. The lowest BCUT2D eigenvalue weighted by Gasteiger charge is -2.06. The molecule has 0 aliphatic heterocycles. The molecule has 9 heteroatoms. The summed E-state index contributed by atoms with van der Waals surface area (Å²) in [6, 6.07) is 6.13. The number of hydrogen-bond acceptors (Lipinski definition) is 6. The first-order valence-electron chi connectivity index (χ1n) is 7.49. The van der Waals surface area contributed by atoms with Gasteiger partial charge in [0.25, 0.3) is 5.82 Å². The summed E-state index contributed by atoms with van der Waals surface area (Å²) in [6.45, 7) is 2.07. The molecule has 0 unspecified atom stereocenters. The summed E-state index contributed by atoms with van der Waals surface area (Å²) >= 11 is 5.80. The molecule has 2 heterocycles. The fraction of sp³-hybridized carbons (Fsp3) is 0.250. The van der Waals surface area contributed by atoms with Gasteiger partial charge in [-0.25, -0.2) is 23.9 Å². The van der Waals surface area contributed by atoms with E-state index >= 15 is 0 Å². The van der Waals surface area contributed by atoms with Gasteiger partial charge >= 0.3 is 5.97 Å². The second-order valence-corrected chi connectivity index (χ2v) is 6.09. The van der Waals surface area contributed by atoms with Crippen LogP contribution in [0.15, 0.2) is 18.2 Å². The molecule has 2 aromatic heterocycles. The third-order valence-corrected chi connectivity index (χ3v) is 4.34. The van der Waals surface area contributed by atoms with Gasteiger partial charge in [0.1, 0.15) is 0 Å². The van der Waals surface area contributed by atoms with E-state index in [-0.39, 0.29) is 29.1 Å². The number of aryl methyl sites for hydroxylation is 3. The Morgan fingerprint density at radius 2 is 2.04 bits per heavy atom. The fourth-order valence-corrected chi connectivity index (χ4v) is 2.80. The van der Waals surface area contributed by atoms with Crippen molar-refractivity contribution in [3.63, 3.8) is 0 Å². The second kappa shape index (κ2) is 6.21. The molecule has 25 heavy (non-hydrogen) atoms. The molecule has 0 aliphatic carbocycles. The number of fused-ring (bicyclic) bond motifs is 1. The van der Waals surface area contributed by atoms with Gasteiger partial charge < -0.3 is 16.2 Å². The van der Waals surface area contributed by atoms with E-state index in [1.807, 2.05) is 42.3 Å². The van der Waals surface area contributed by atoms with Crippen LogP contribution in [0.2, 0.25) is 5.15 Å². The zero-order valence-corrected chi connectivity index (χ0v) is 14.8. The van der Waals surface area contributed by atoms with Crippen LogP contribution >= 0.6 is 11.6 Å². The number of nitrogens with two attached hydrogens (primary N) is 2. The molecular weight excluding hydrogens is 344 g/mol. The predicted octanol–water partition coefficient (Wildman–Crippen LogP) is 1.28. The van der Waals surface area contributed by atoms with Crippen LogP contribution in [0.4, 0.5) is 11.6 Å². The maximum absolute atomic E-state index is 12.3. The third-order valence-electron chi connectivity index (χ3n) is 4.06. The highest BCUT2D eigenvalue weighted by Crippen LogP contribution is 2.19. The number of rotatable bonds is 3. The number of halogens is 1. The Hall–Kier alpha value is -2.87. The highest BCUT2D eigenvalue weighted by atomic mass is 35.5. The van der Waals surface area contributed by atoms with Gasteiger partial charge in [-0.2, -0.15) is 0 Å². The molecule has 0 atom stereocenters. The fourth-order valence-electron chi connectivity index (χ4n) is 2.67. The number of hydrogen-bond donors (Lipinski definition) is 2. The highest BCUT2D eigenvalue weighted by molar-refractivity contribution is 6.31. The molecule has 8 nitrogen and oxygen atoms in total. The Bertz CT molecular complexity index is 998. The summed E-state index contributed by atoms with van der Waals surface area (Å²) in [6.07, 6.45) is 0. The van der Waals surface area contributed by atoms with Crippen LogP contribution in [0.3, 0.4) is 0 Å². The Labute approximate surface area is 149 Å². The summed E-state index contributed by atoms with van der Waals surface area (Å²) < 4.78 is 9.29. The highest BCUT2D eigenvalue weighted by Gasteiger charge is 2.23. The van der Waals surface area contributed by atoms with Crippen molar-refractivity contribution in [2.75, 3.05) is 11.5 Å². The van der Waals surface area contributed by atoms with Gasteiger partial charge in [-0.05, 0) is 24.6 Å². The maximum Gasteiger partial charge on any atom is 0.361 e. The predicted molar refractivity (Wildman–Crippen MR) is 93.8 cm³/mol. The van der Waals surface area contributed by atoms with Gasteiger partial charge in [-0.3, -0.25) is 0 Å². The Kier molecular flexibility index (Phi) is 4.22. The number of nitrogen functional groups attached to an aromatic ring is 2. The van der Waals surface area contributed by atoms with Crippen LogP contribution < -0.4 is 16.0 Å². The number of ether oxygens (including phenoxy) is 1. The third kappa shape index (κ3) is 2.96. The summed E-state index contributed by atoms with van der Waals surface area (Å²) in [5.74, 6) is -0.0644. The molecule has 0 aliphatic rings. The quantitative estimate of drug-likeness (QED) is 0.536. The molecule has 0 spiro atoms. The van der Waals surface area contributed by atoms with Crippen LogP contribution in [0.25, 0.3) is 11.0 Å². The first-order chi connectivity index (χ1) is 11.8. The minimum atomic E-state index is -0.715. The lowest BCUT2D eigenvalue weighted by molar-refractivity contribution is -0.655. The van der Waals surface area contributed by atoms with E-state index in [1.54, 1.807) is 0 Å². The maximum atomic E-state index is 12.3. The van der Waals surface area contributed by atoms with E-state index in [0.717, 1.165) is 22.4 Å². The van der Waals surface area contributed by atoms with Crippen LogP contribution in [0, 0.1) is 6.92 Å². The molecule has 1 aromatic carbocycles. The van der Waals surface area contributed by atoms with E-state index in [1.165, 1.54) is 0 Å². The Morgan fingerprint density at radius 1 is 1.32 bits per heavy atom. The van der Waals surface area contributed by atoms with Crippen molar-refractivity contribution in [2.45, 2.75) is 13.5 Å². The lowest BCUT2D eigenvalue weighted by atomic mass is 10.2. The van der Waals surface area contributed by atoms with Crippen molar-refractivity contribution < 1.29 is 14.1 Å². The normalized spacial score (nSPS) is 11.0. The van der Waals surface area contributed by atoms with E-state index in [4.69, 9.17) is 27.8 Å². The number of imidazole rings is 1. The molecule has 4 N–H and O–H groups in total. The standard InChI is InChI=1S/C16H17ClN6O2/c1-8-4-5-9-10(6-8)23(3)11(22(9)2)7-25-16(24)12-14(18)21-15(19)13(17)20-12/h4-6H,7H2,1-3H3,(H3-,18,19,21,24)/p+1. The van der Waals surface area contributed by atoms with Crippen LogP contribution in [-0.2, 0) is 25.4 Å². The van der Waals surface area contributed by atoms with Gasteiger partial charge in [0.15, 0.2) is 40.1 Å². The topological polar surface area (TPSA) is 113 Å². The van der Waals surface area contributed by atoms with Crippen molar-refractivity contribution in [3.8, 4) is 0 Å². The molecule has 0 saturated heterocycles. The number of carbonyl (C=O) groups is 1. The molecule has 130 valence electrons. The SMILES string of the molecule is Cc1ccc2c(c1)n(C)c(COC(=O)c1nc(Cl)c(N)nc1N)[n+]2C. The van der Waals surface area contributed by atoms with Crippen LogP contribution in [0.5, 0.6) is 0 Å². The van der Waals surface area contributed by atoms with Gasteiger partial charge in [0.05, 0.1) is 14.1 Å². The first kappa shape index (κ1) is 17.0. The van der Waals surface area contributed by atoms with Crippen molar-refractivity contribution >= 4 is 40.2 Å². The van der Waals surface area contributed by atoms with E-state index in [0.29, 0.717) is 0 Å². The Morgan fingerprint density at radius 3 is 2.76 bits per heavy atom. The molecule has 3 aromatic rings. The van der Waals surface area contributed by atoms with Crippen LogP contribution in [-0.4, -0.2) is 20.5 Å². The average Bonchev–Trinajstić information content (AvgIpc) is 2.79. The summed E-state index contributed by atoms with van der Waals surface area (Å²) in [5.41, 5.74) is 14.3. The smallest absolute Gasteiger partial charge is 0.361 e. The monoisotopic (exact) mass is 361 g/mol. The zero-order chi connectivity index (χ0) is 18.3. The van der Waals surface area contributed by atoms with E-state index < -0.39 is 5.97 Å². The zero-order valence-electron chi connectivity index (χ0n) is 14.1. The summed E-state index contributed by atoms with van der Waals surface area (Å²) in [7, 11) is 3.83. The van der Waals surface area contributed by atoms with Crippen LogP contribution in [0.1, 0.15) is 21.9 Å². The molecule has 0 bridgehead atoms. The van der Waals surface area contributed by atoms with Crippen molar-refractivity contribution in [3.05, 3.63) is 40.4 Å². The lowest BCUT2D eigenvalue weighted by Crippen LogP contribution is -2.33. The van der Waals surface area contributed by atoms with Crippen molar-refractivity contribution in [1.29, 1.82) is 0 Å². The molecule has 0 saturated carbocycles. The summed E-state index contributed by atoms with van der Waals surface area (Å²) in [4.78, 5) is 19.9. The van der Waals surface area contributed by atoms with Gasteiger partial charge in [-0.15, -0.1) is 0 Å².